The second-order valence-electron chi connectivity index (χ2n) is 10.5. The Kier molecular flexibility index (Phi) is 7.02. The van der Waals surface area contributed by atoms with Crippen LogP contribution < -0.4 is 5.32 Å². The number of ketones is 1. The van der Waals surface area contributed by atoms with E-state index in [0.717, 1.165) is 44.1 Å². The van der Waals surface area contributed by atoms with E-state index in [1.165, 1.54) is 5.56 Å². The van der Waals surface area contributed by atoms with Crippen molar-refractivity contribution >= 4 is 11.9 Å². The Hall–Kier alpha value is -3.20. The second kappa shape index (κ2) is 9.97. The number of nitriles is 1. The highest BCUT2D eigenvalue weighted by Crippen LogP contribution is 2.43. The molecule has 0 atom stereocenters. The molecule has 2 fully saturated rings. The zero-order valence-electron chi connectivity index (χ0n) is 20.3. The number of pyridine rings is 1. The first-order chi connectivity index (χ1) is 16.2. The molecule has 0 aliphatic heterocycles. The van der Waals surface area contributed by atoms with Gasteiger partial charge in [-0.2, -0.15) is 5.26 Å². The van der Waals surface area contributed by atoms with Crippen LogP contribution in [-0.2, 0) is 11.3 Å². The number of nitrogens with zero attached hydrogens (tertiary/aromatic N) is 2. The van der Waals surface area contributed by atoms with E-state index in [2.05, 4.69) is 11.4 Å². The SMILES string of the molecule is CC(C)(C)OC(=O)NCc1ccc(C2CC2)c(C(=O)C2CCC(c3ccc(C#N)cc3)CC2)n1. The van der Waals surface area contributed by atoms with Crippen LogP contribution >= 0.6 is 0 Å². The van der Waals surface area contributed by atoms with E-state index >= 15 is 0 Å². The number of carbonyl (C=O) groups is 2. The first-order valence-corrected chi connectivity index (χ1v) is 12.2. The fraction of sp³-hybridized carbons (Fsp3) is 0.500. The zero-order valence-corrected chi connectivity index (χ0v) is 20.3. The normalized spacial score (nSPS) is 20.3. The van der Waals surface area contributed by atoms with Crippen molar-refractivity contribution in [1.29, 1.82) is 5.26 Å². The summed E-state index contributed by atoms with van der Waals surface area (Å²) in [6.07, 6.45) is 5.31. The van der Waals surface area contributed by atoms with Crippen LogP contribution in [-0.4, -0.2) is 22.5 Å². The van der Waals surface area contributed by atoms with E-state index < -0.39 is 11.7 Å². The largest absolute Gasteiger partial charge is 0.444 e. The molecule has 1 amide bonds. The summed E-state index contributed by atoms with van der Waals surface area (Å²) in [5, 5.41) is 11.8. The lowest BCUT2D eigenvalue weighted by molar-refractivity contribution is 0.0523. The van der Waals surface area contributed by atoms with E-state index in [-0.39, 0.29) is 18.2 Å². The Morgan fingerprint density at radius 2 is 1.65 bits per heavy atom. The quantitative estimate of drug-likeness (QED) is 0.534. The molecule has 0 radical (unpaired) electrons. The summed E-state index contributed by atoms with van der Waals surface area (Å²) >= 11 is 0. The van der Waals surface area contributed by atoms with Gasteiger partial charge in [0, 0.05) is 5.92 Å². The summed E-state index contributed by atoms with van der Waals surface area (Å²) in [5.41, 5.74) is 3.67. The fourth-order valence-electron chi connectivity index (χ4n) is 4.72. The van der Waals surface area contributed by atoms with Crippen molar-refractivity contribution in [3.63, 3.8) is 0 Å². The summed E-state index contributed by atoms with van der Waals surface area (Å²) in [7, 11) is 0. The molecule has 1 aromatic carbocycles. The van der Waals surface area contributed by atoms with Crippen molar-refractivity contribution in [3.8, 4) is 6.07 Å². The highest BCUT2D eigenvalue weighted by molar-refractivity contribution is 5.97. The van der Waals surface area contributed by atoms with E-state index in [1.54, 1.807) is 0 Å². The molecule has 2 aromatic rings. The third kappa shape index (κ3) is 6.02. The van der Waals surface area contributed by atoms with Crippen LogP contribution in [0, 0.1) is 17.2 Å². The van der Waals surface area contributed by atoms with Gasteiger partial charge in [0.25, 0.3) is 0 Å². The van der Waals surface area contributed by atoms with Gasteiger partial charge in [-0.3, -0.25) is 4.79 Å². The highest BCUT2D eigenvalue weighted by atomic mass is 16.6. The zero-order chi connectivity index (χ0) is 24.3. The van der Waals surface area contributed by atoms with Crippen LogP contribution in [0.4, 0.5) is 4.79 Å². The summed E-state index contributed by atoms with van der Waals surface area (Å²) < 4.78 is 5.30. The van der Waals surface area contributed by atoms with Gasteiger partial charge in [0.2, 0.25) is 0 Å². The molecule has 0 saturated heterocycles. The molecular formula is C28H33N3O3. The number of alkyl carbamates (subject to hydrolysis) is 1. The number of hydrogen-bond donors (Lipinski definition) is 1. The van der Waals surface area contributed by atoms with Gasteiger partial charge in [0.15, 0.2) is 5.78 Å². The van der Waals surface area contributed by atoms with Crippen molar-refractivity contribution < 1.29 is 14.3 Å². The molecule has 1 N–H and O–H groups in total. The molecule has 6 heteroatoms. The highest BCUT2D eigenvalue weighted by Gasteiger charge is 2.34. The van der Waals surface area contributed by atoms with Gasteiger partial charge in [-0.25, -0.2) is 9.78 Å². The molecule has 178 valence electrons. The first-order valence-electron chi connectivity index (χ1n) is 12.2. The molecule has 34 heavy (non-hydrogen) atoms. The van der Waals surface area contributed by atoms with Crippen molar-refractivity contribution in [2.45, 2.75) is 83.3 Å². The molecule has 2 aliphatic carbocycles. The molecule has 1 heterocycles. The minimum Gasteiger partial charge on any atom is -0.444 e. The van der Waals surface area contributed by atoms with Crippen LogP contribution in [0.2, 0.25) is 0 Å². The maximum absolute atomic E-state index is 13.5. The van der Waals surface area contributed by atoms with Gasteiger partial charge in [-0.15, -0.1) is 0 Å². The monoisotopic (exact) mass is 459 g/mol. The Labute approximate surface area is 201 Å². The molecule has 6 nitrogen and oxygen atoms in total. The van der Waals surface area contributed by atoms with Crippen molar-refractivity contribution in [1.82, 2.24) is 10.3 Å². The molecule has 2 aliphatic rings. The minimum absolute atomic E-state index is 0.0197. The minimum atomic E-state index is -0.564. The van der Waals surface area contributed by atoms with Crippen molar-refractivity contribution in [3.05, 3.63) is 64.5 Å². The van der Waals surface area contributed by atoms with Crippen molar-refractivity contribution in [2.75, 3.05) is 0 Å². The predicted octanol–water partition coefficient (Wildman–Crippen LogP) is 6.01. The van der Waals surface area contributed by atoms with Gasteiger partial charge >= 0.3 is 6.09 Å². The van der Waals surface area contributed by atoms with Gasteiger partial charge in [0.1, 0.15) is 11.3 Å². The molecule has 1 aromatic heterocycles. The molecule has 4 rings (SSSR count). The van der Waals surface area contributed by atoms with Gasteiger partial charge in [0.05, 0.1) is 23.9 Å². The lowest BCUT2D eigenvalue weighted by Gasteiger charge is -2.28. The Bertz CT molecular complexity index is 1080. The Morgan fingerprint density at radius 3 is 2.24 bits per heavy atom. The number of hydrogen-bond acceptors (Lipinski definition) is 5. The molecular weight excluding hydrogens is 426 g/mol. The topological polar surface area (TPSA) is 92.1 Å². The Balaban J connectivity index is 1.42. The third-order valence-electron chi connectivity index (χ3n) is 6.66. The van der Waals surface area contributed by atoms with Crippen LogP contribution in [0.1, 0.15) is 104 Å². The Morgan fingerprint density at radius 1 is 1.00 bits per heavy atom. The van der Waals surface area contributed by atoms with E-state index in [9.17, 15) is 9.59 Å². The average Bonchev–Trinajstić information content (AvgIpc) is 3.67. The van der Waals surface area contributed by atoms with Crippen LogP contribution in [0.15, 0.2) is 36.4 Å². The van der Waals surface area contributed by atoms with Gasteiger partial charge in [-0.1, -0.05) is 18.2 Å². The summed E-state index contributed by atoms with van der Waals surface area (Å²) in [5.74, 6) is 0.972. The third-order valence-corrected chi connectivity index (χ3v) is 6.66. The number of amides is 1. The molecule has 2 saturated carbocycles. The van der Waals surface area contributed by atoms with Crippen molar-refractivity contribution in [2.24, 2.45) is 5.92 Å². The number of nitrogens with one attached hydrogen (secondary N) is 1. The van der Waals surface area contributed by atoms with E-state index in [0.29, 0.717) is 28.8 Å². The van der Waals surface area contributed by atoms with Gasteiger partial charge in [-0.05, 0) is 100 Å². The lowest BCUT2D eigenvalue weighted by atomic mass is 9.76. The maximum atomic E-state index is 13.5. The maximum Gasteiger partial charge on any atom is 0.407 e. The standard InChI is InChI=1S/C28H33N3O3/c1-28(2,3)34-27(33)30-17-23-14-15-24(21-10-11-21)25(31-23)26(32)22-12-8-20(9-13-22)19-6-4-18(16-29)5-7-19/h4-7,14-15,20-22H,8-13,17H2,1-3H3,(H,30,33). The van der Waals surface area contributed by atoms with E-state index in [4.69, 9.17) is 15.0 Å². The van der Waals surface area contributed by atoms with Crippen LogP contribution in [0.5, 0.6) is 0 Å². The lowest BCUT2D eigenvalue weighted by Crippen LogP contribution is -2.32. The number of rotatable bonds is 6. The van der Waals surface area contributed by atoms with E-state index in [1.807, 2.05) is 57.2 Å². The molecule has 0 bridgehead atoms. The van der Waals surface area contributed by atoms with Crippen LogP contribution in [0.25, 0.3) is 0 Å². The average molecular weight is 460 g/mol. The predicted molar refractivity (Wildman–Crippen MR) is 129 cm³/mol. The number of ether oxygens (including phenoxy) is 1. The molecule has 0 unspecified atom stereocenters. The summed E-state index contributed by atoms with van der Waals surface area (Å²) in [6, 6.07) is 13.9. The number of aromatic nitrogens is 1. The van der Waals surface area contributed by atoms with Gasteiger partial charge < -0.3 is 10.1 Å². The summed E-state index contributed by atoms with van der Waals surface area (Å²) in [6.45, 7) is 5.69. The number of carbonyl (C=O) groups excluding carboxylic acids is 2. The second-order valence-corrected chi connectivity index (χ2v) is 10.5. The van der Waals surface area contributed by atoms with Crippen LogP contribution in [0.3, 0.4) is 0 Å². The summed E-state index contributed by atoms with van der Waals surface area (Å²) in [4.78, 5) is 30.3. The smallest absolute Gasteiger partial charge is 0.407 e. The fourth-order valence-corrected chi connectivity index (χ4v) is 4.72. The first kappa shape index (κ1) is 23.9. The number of benzene rings is 1. The number of Topliss-reactive ketones (excluding diaryl/α,β-unsaturated/α-hetero) is 1. The molecule has 0 spiro atoms.